The zero-order valence-corrected chi connectivity index (χ0v) is 13.5. The van der Waals surface area contributed by atoms with Crippen LogP contribution < -0.4 is 5.32 Å². The number of rotatable bonds is 8. The average Bonchev–Trinajstić information content (AvgIpc) is 2.92. The zero-order chi connectivity index (χ0) is 15.0. The Morgan fingerprint density at radius 2 is 1.85 bits per heavy atom. The van der Waals surface area contributed by atoms with Gasteiger partial charge < -0.3 is 5.32 Å². The standard InChI is InChI=1S/C16H24N2OS/c1-4-9-16(12-17,10-5-2)15(19)18-11-14-8-7-13(6-3)20-14/h7-8H,4-6,9-11H2,1-3H3,(H,18,19). The highest BCUT2D eigenvalue weighted by Crippen LogP contribution is 2.29. The fraction of sp³-hybridized carbons (Fsp3) is 0.625. The Morgan fingerprint density at radius 1 is 1.25 bits per heavy atom. The molecule has 0 radical (unpaired) electrons. The van der Waals surface area contributed by atoms with Gasteiger partial charge in [0.05, 0.1) is 12.6 Å². The highest BCUT2D eigenvalue weighted by Gasteiger charge is 2.36. The van der Waals surface area contributed by atoms with E-state index in [0.29, 0.717) is 19.4 Å². The second kappa shape index (κ2) is 8.06. The summed E-state index contributed by atoms with van der Waals surface area (Å²) in [5.74, 6) is -0.116. The number of nitrogens with zero attached hydrogens (tertiary/aromatic N) is 1. The normalized spacial score (nSPS) is 11.1. The number of nitrogens with one attached hydrogen (secondary N) is 1. The summed E-state index contributed by atoms with van der Waals surface area (Å²) in [4.78, 5) is 14.9. The van der Waals surface area contributed by atoms with Crippen LogP contribution in [0.5, 0.6) is 0 Å². The van der Waals surface area contributed by atoms with Gasteiger partial charge in [-0.05, 0) is 31.4 Å². The summed E-state index contributed by atoms with van der Waals surface area (Å²) in [6.45, 7) is 6.68. The van der Waals surface area contributed by atoms with Crippen molar-refractivity contribution in [1.82, 2.24) is 5.32 Å². The number of hydrogen-bond donors (Lipinski definition) is 1. The molecule has 1 amide bonds. The minimum absolute atomic E-state index is 0.116. The third kappa shape index (κ3) is 4.08. The van der Waals surface area contributed by atoms with Gasteiger partial charge in [-0.1, -0.05) is 33.6 Å². The van der Waals surface area contributed by atoms with Crippen LogP contribution in [-0.4, -0.2) is 5.91 Å². The summed E-state index contributed by atoms with van der Waals surface area (Å²) in [6, 6.07) is 6.41. The molecule has 3 nitrogen and oxygen atoms in total. The van der Waals surface area contributed by atoms with Crippen LogP contribution in [0.4, 0.5) is 0 Å². The topological polar surface area (TPSA) is 52.9 Å². The van der Waals surface area contributed by atoms with Crippen molar-refractivity contribution in [2.75, 3.05) is 0 Å². The molecule has 0 aliphatic carbocycles. The number of aryl methyl sites for hydroxylation is 1. The number of carbonyl (C=O) groups excluding carboxylic acids is 1. The smallest absolute Gasteiger partial charge is 0.240 e. The van der Waals surface area contributed by atoms with E-state index in [0.717, 1.165) is 24.1 Å². The SMILES string of the molecule is CCCC(C#N)(CCC)C(=O)NCc1ccc(CC)s1. The minimum Gasteiger partial charge on any atom is -0.350 e. The highest BCUT2D eigenvalue weighted by molar-refractivity contribution is 7.11. The molecule has 0 aromatic carbocycles. The Hall–Kier alpha value is -1.34. The van der Waals surface area contributed by atoms with Crippen LogP contribution >= 0.6 is 11.3 Å². The summed E-state index contributed by atoms with van der Waals surface area (Å²) in [6.07, 6.45) is 3.98. The van der Waals surface area contributed by atoms with E-state index in [1.165, 1.54) is 4.88 Å². The first-order valence-electron chi connectivity index (χ1n) is 7.39. The van der Waals surface area contributed by atoms with E-state index in [2.05, 4.69) is 30.4 Å². The molecule has 0 saturated carbocycles. The molecule has 0 aliphatic heterocycles. The average molecular weight is 292 g/mol. The van der Waals surface area contributed by atoms with Crippen molar-refractivity contribution in [3.63, 3.8) is 0 Å². The molecule has 0 unspecified atom stereocenters. The number of nitriles is 1. The van der Waals surface area contributed by atoms with Gasteiger partial charge in [0.25, 0.3) is 0 Å². The Labute approximate surface area is 126 Å². The summed E-state index contributed by atoms with van der Waals surface area (Å²) in [7, 11) is 0. The lowest BCUT2D eigenvalue weighted by Gasteiger charge is -2.24. The number of thiophene rings is 1. The van der Waals surface area contributed by atoms with E-state index >= 15 is 0 Å². The first-order valence-corrected chi connectivity index (χ1v) is 8.20. The molecule has 4 heteroatoms. The van der Waals surface area contributed by atoms with Crippen molar-refractivity contribution in [2.45, 2.75) is 59.4 Å². The van der Waals surface area contributed by atoms with Gasteiger partial charge in [-0.25, -0.2) is 0 Å². The van der Waals surface area contributed by atoms with Crippen molar-refractivity contribution in [1.29, 1.82) is 5.26 Å². The predicted molar refractivity (Wildman–Crippen MR) is 83.4 cm³/mol. The molecule has 1 rings (SSSR count). The third-order valence-electron chi connectivity index (χ3n) is 3.49. The van der Waals surface area contributed by atoms with Crippen molar-refractivity contribution >= 4 is 17.2 Å². The maximum atomic E-state index is 12.4. The highest BCUT2D eigenvalue weighted by atomic mass is 32.1. The van der Waals surface area contributed by atoms with Crippen LogP contribution in [0.1, 0.15) is 56.2 Å². The molecule has 0 fully saturated rings. The van der Waals surface area contributed by atoms with Crippen LogP contribution in [0, 0.1) is 16.7 Å². The van der Waals surface area contributed by atoms with Crippen molar-refractivity contribution in [3.8, 4) is 6.07 Å². The van der Waals surface area contributed by atoms with E-state index in [9.17, 15) is 10.1 Å². The molecule has 1 N–H and O–H groups in total. The third-order valence-corrected chi connectivity index (χ3v) is 4.72. The molecular weight excluding hydrogens is 268 g/mol. The van der Waals surface area contributed by atoms with Crippen LogP contribution in [-0.2, 0) is 17.8 Å². The molecule has 0 aliphatic rings. The van der Waals surface area contributed by atoms with Gasteiger partial charge >= 0.3 is 0 Å². The molecule has 0 saturated heterocycles. The molecule has 1 aromatic heterocycles. The predicted octanol–water partition coefficient (Wildman–Crippen LogP) is 4.04. The van der Waals surface area contributed by atoms with E-state index < -0.39 is 5.41 Å². The molecule has 110 valence electrons. The van der Waals surface area contributed by atoms with Gasteiger partial charge in [-0.3, -0.25) is 4.79 Å². The molecule has 1 heterocycles. The molecule has 20 heavy (non-hydrogen) atoms. The van der Waals surface area contributed by atoms with Gasteiger partial charge in [0, 0.05) is 9.75 Å². The van der Waals surface area contributed by atoms with E-state index in [1.807, 2.05) is 13.8 Å². The Balaban J connectivity index is 2.68. The number of carbonyl (C=O) groups is 1. The second-order valence-electron chi connectivity index (χ2n) is 5.10. The van der Waals surface area contributed by atoms with E-state index in [1.54, 1.807) is 11.3 Å². The summed E-state index contributed by atoms with van der Waals surface area (Å²) in [5, 5.41) is 12.4. The fourth-order valence-electron chi connectivity index (χ4n) is 2.41. The minimum atomic E-state index is -0.853. The van der Waals surface area contributed by atoms with E-state index in [-0.39, 0.29) is 5.91 Å². The van der Waals surface area contributed by atoms with Crippen LogP contribution in [0.3, 0.4) is 0 Å². The largest absolute Gasteiger partial charge is 0.350 e. The zero-order valence-electron chi connectivity index (χ0n) is 12.7. The summed E-state index contributed by atoms with van der Waals surface area (Å²) in [5.41, 5.74) is -0.853. The summed E-state index contributed by atoms with van der Waals surface area (Å²) < 4.78 is 0. The van der Waals surface area contributed by atoms with Crippen molar-refractivity contribution in [2.24, 2.45) is 5.41 Å². The van der Waals surface area contributed by atoms with Crippen LogP contribution in [0.2, 0.25) is 0 Å². The monoisotopic (exact) mass is 292 g/mol. The van der Waals surface area contributed by atoms with Gasteiger partial charge in [0.15, 0.2) is 0 Å². The van der Waals surface area contributed by atoms with Gasteiger partial charge in [0.1, 0.15) is 5.41 Å². The van der Waals surface area contributed by atoms with Crippen LogP contribution in [0.15, 0.2) is 12.1 Å². The quantitative estimate of drug-likeness (QED) is 0.786. The Morgan fingerprint density at radius 3 is 2.30 bits per heavy atom. The lowest BCUT2D eigenvalue weighted by Crippen LogP contribution is -2.39. The number of amides is 1. The number of hydrogen-bond acceptors (Lipinski definition) is 3. The van der Waals surface area contributed by atoms with Gasteiger partial charge in [0.2, 0.25) is 5.91 Å². The Bertz CT molecular complexity index is 467. The molecule has 0 atom stereocenters. The second-order valence-corrected chi connectivity index (χ2v) is 6.35. The van der Waals surface area contributed by atoms with Gasteiger partial charge in [-0.2, -0.15) is 5.26 Å². The lowest BCUT2D eigenvalue weighted by atomic mass is 9.80. The molecule has 0 spiro atoms. The first-order chi connectivity index (χ1) is 9.61. The van der Waals surface area contributed by atoms with Crippen molar-refractivity contribution < 1.29 is 4.79 Å². The Kier molecular flexibility index (Phi) is 6.74. The lowest BCUT2D eigenvalue weighted by molar-refractivity contribution is -0.129. The fourth-order valence-corrected chi connectivity index (χ4v) is 3.31. The maximum absolute atomic E-state index is 12.4. The van der Waals surface area contributed by atoms with Crippen LogP contribution in [0.25, 0.3) is 0 Å². The first kappa shape index (κ1) is 16.7. The van der Waals surface area contributed by atoms with Gasteiger partial charge in [-0.15, -0.1) is 11.3 Å². The van der Waals surface area contributed by atoms with E-state index in [4.69, 9.17) is 0 Å². The summed E-state index contributed by atoms with van der Waals surface area (Å²) >= 11 is 1.72. The molecular formula is C16H24N2OS. The molecule has 1 aromatic rings. The molecule has 0 bridgehead atoms. The van der Waals surface area contributed by atoms with Crippen molar-refractivity contribution in [3.05, 3.63) is 21.9 Å². The maximum Gasteiger partial charge on any atom is 0.240 e.